The molecule has 0 aliphatic carbocycles. The van der Waals surface area contributed by atoms with Crippen LogP contribution in [0.1, 0.15) is 6.92 Å². The van der Waals surface area contributed by atoms with E-state index in [2.05, 4.69) is 5.32 Å². The molecule has 3 heteroatoms. The van der Waals surface area contributed by atoms with Crippen LogP contribution in [0.2, 0.25) is 0 Å². The molecule has 0 spiro atoms. The lowest BCUT2D eigenvalue weighted by atomic mass is 10.1. The monoisotopic (exact) mass is 213 g/mol. The van der Waals surface area contributed by atoms with Gasteiger partial charge in [-0.2, -0.15) is 0 Å². The highest BCUT2D eigenvalue weighted by molar-refractivity contribution is 6.39. The zero-order valence-corrected chi connectivity index (χ0v) is 8.86. The molecule has 0 bridgehead atoms. The normalized spacial score (nSPS) is 10.1. The van der Waals surface area contributed by atoms with Crippen LogP contribution in [0.4, 0.5) is 5.69 Å². The predicted octanol–water partition coefficient (Wildman–Crippen LogP) is 2.37. The Hall–Kier alpha value is -2.16. The molecule has 80 valence electrons. The summed E-state index contributed by atoms with van der Waals surface area (Å²) in [5.74, 6) is -1.08. The average molecular weight is 213 g/mol. The number of rotatable bonds is 2. The maximum absolute atomic E-state index is 11.2. The molecule has 0 unspecified atom stereocenters. The molecular weight excluding hydrogens is 202 g/mol. The smallest absolute Gasteiger partial charge is 0.291 e. The Labute approximate surface area is 93.1 Å². The molecule has 0 saturated carbocycles. The van der Waals surface area contributed by atoms with Gasteiger partial charge in [0.05, 0.1) is 0 Å². The third-order valence-electron chi connectivity index (χ3n) is 2.33. The molecule has 2 aromatic rings. The minimum atomic E-state index is -0.588. The summed E-state index contributed by atoms with van der Waals surface area (Å²) in [5, 5.41) is 4.68. The van der Waals surface area contributed by atoms with Crippen LogP contribution in [-0.4, -0.2) is 11.7 Å². The van der Waals surface area contributed by atoms with E-state index in [9.17, 15) is 9.59 Å². The third-order valence-corrected chi connectivity index (χ3v) is 2.33. The molecule has 1 amide bonds. The lowest BCUT2D eigenvalue weighted by Crippen LogP contribution is -2.19. The van der Waals surface area contributed by atoms with Gasteiger partial charge in [0.15, 0.2) is 0 Å². The summed E-state index contributed by atoms with van der Waals surface area (Å²) in [6.07, 6.45) is 0. The number of amides is 1. The summed E-state index contributed by atoms with van der Waals surface area (Å²) in [7, 11) is 0. The Balaban J connectivity index is 2.33. The number of fused-ring (bicyclic) bond motifs is 1. The SMILES string of the molecule is CC(=O)C(=O)Nc1ccc2ccccc2c1. The number of anilines is 1. The van der Waals surface area contributed by atoms with Gasteiger partial charge in [-0.1, -0.05) is 30.3 Å². The first-order valence-corrected chi connectivity index (χ1v) is 4.97. The second kappa shape index (κ2) is 4.14. The summed E-state index contributed by atoms with van der Waals surface area (Å²) in [6.45, 7) is 1.25. The summed E-state index contributed by atoms with van der Waals surface area (Å²) >= 11 is 0. The predicted molar refractivity (Wildman–Crippen MR) is 63.3 cm³/mol. The highest BCUT2D eigenvalue weighted by Crippen LogP contribution is 2.18. The van der Waals surface area contributed by atoms with Crippen molar-refractivity contribution in [2.45, 2.75) is 6.92 Å². The highest BCUT2D eigenvalue weighted by atomic mass is 16.2. The fraction of sp³-hybridized carbons (Fsp3) is 0.0769. The van der Waals surface area contributed by atoms with Gasteiger partial charge in [0.2, 0.25) is 5.78 Å². The van der Waals surface area contributed by atoms with E-state index in [1.807, 2.05) is 36.4 Å². The van der Waals surface area contributed by atoms with Gasteiger partial charge in [-0.3, -0.25) is 9.59 Å². The van der Waals surface area contributed by atoms with Crippen molar-refractivity contribution in [3.05, 3.63) is 42.5 Å². The summed E-state index contributed by atoms with van der Waals surface area (Å²) in [5.41, 5.74) is 0.638. The van der Waals surface area contributed by atoms with Crippen LogP contribution in [0.25, 0.3) is 10.8 Å². The van der Waals surface area contributed by atoms with Crippen LogP contribution < -0.4 is 5.32 Å². The lowest BCUT2D eigenvalue weighted by molar-refractivity contribution is -0.133. The van der Waals surface area contributed by atoms with E-state index in [0.717, 1.165) is 10.8 Å². The van der Waals surface area contributed by atoms with Crippen molar-refractivity contribution in [2.24, 2.45) is 0 Å². The van der Waals surface area contributed by atoms with E-state index < -0.39 is 11.7 Å². The molecule has 0 fully saturated rings. The maximum atomic E-state index is 11.2. The zero-order valence-electron chi connectivity index (χ0n) is 8.86. The van der Waals surface area contributed by atoms with Gasteiger partial charge >= 0.3 is 0 Å². The van der Waals surface area contributed by atoms with Gasteiger partial charge < -0.3 is 5.32 Å². The first-order chi connectivity index (χ1) is 7.66. The van der Waals surface area contributed by atoms with Crippen molar-refractivity contribution >= 4 is 28.2 Å². The minimum absolute atomic E-state index is 0.492. The van der Waals surface area contributed by atoms with Gasteiger partial charge in [0, 0.05) is 12.6 Å². The Bertz CT molecular complexity index is 561. The van der Waals surface area contributed by atoms with Crippen LogP contribution in [-0.2, 0) is 9.59 Å². The largest absolute Gasteiger partial charge is 0.319 e. The topological polar surface area (TPSA) is 46.2 Å². The average Bonchev–Trinajstić information content (AvgIpc) is 2.28. The summed E-state index contributed by atoms with van der Waals surface area (Å²) < 4.78 is 0. The van der Waals surface area contributed by atoms with Gasteiger partial charge in [0.1, 0.15) is 0 Å². The van der Waals surface area contributed by atoms with Crippen LogP contribution in [0.15, 0.2) is 42.5 Å². The molecular formula is C13H11NO2. The number of hydrogen-bond acceptors (Lipinski definition) is 2. The first-order valence-electron chi connectivity index (χ1n) is 4.97. The van der Waals surface area contributed by atoms with Crippen LogP contribution >= 0.6 is 0 Å². The van der Waals surface area contributed by atoms with Gasteiger partial charge in [-0.05, 0) is 22.9 Å². The molecule has 0 atom stereocenters. The van der Waals surface area contributed by atoms with Crippen molar-refractivity contribution in [1.82, 2.24) is 0 Å². The third kappa shape index (κ3) is 2.08. The maximum Gasteiger partial charge on any atom is 0.291 e. The number of hydrogen-bond donors (Lipinski definition) is 1. The van der Waals surface area contributed by atoms with Crippen molar-refractivity contribution < 1.29 is 9.59 Å². The fourth-order valence-electron chi connectivity index (χ4n) is 1.49. The minimum Gasteiger partial charge on any atom is -0.319 e. The second-order valence-electron chi connectivity index (χ2n) is 3.57. The van der Waals surface area contributed by atoms with E-state index >= 15 is 0 Å². The Morgan fingerprint density at radius 3 is 2.38 bits per heavy atom. The van der Waals surface area contributed by atoms with Crippen molar-refractivity contribution in [3.8, 4) is 0 Å². The second-order valence-corrected chi connectivity index (χ2v) is 3.57. The number of benzene rings is 2. The van der Waals surface area contributed by atoms with E-state index in [4.69, 9.17) is 0 Å². The molecule has 0 heterocycles. The fourth-order valence-corrected chi connectivity index (χ4v) is 1.49. The standard InChI is InChI=1S/C13H11NO2/c1-9(15)13(16)14-12-7-6-10-4-2-3-5-11(10)8-12/h2-8H,1H3,(H,14,16). The van der Waals surface area contributed by atoms with Crippen LogP contribution in [0.5, 0.6) is 0 Å². The zero-order chi connectivity index (χ0) is 11.5. The highest BCUT2D eigenvalue weighted by Gasteiger charge is 2.07. The van der Waals surface area contributed by atoms with Crippen molar-refractivity contribution in [1.29, 1.82) is 0 Å². The van der Waals surface area contributed by atoms with Gasteiger partial charge in [-0.15, -0.1) is 0 Å². The Morgan fingerprint density at radius 2 is 1.69 bits per heavy atom. The van der Waals surface area contributed by atoms with E-state index in [1.165, 1.54) is 6.92 Å². The van der Waals surface area contributed by atoms with Gasteiger partial charge in [-0.25, -0.2) is 0 Å². The molecule has 0 radical (unpaired) electrons. The molecule has 2 rings (SSSR count). The lowest BCUT2D eigenvalue weighted by Gasteiger charge is -2.04. The summed E-state index contributed by atoms with van der Waals surface area (Å²) in [4.78, 5) is 22.0. The molecule has 3 nitrogen and oxygen atoms in total. The van der Waals surface area contributed by atoms with E-state index in [1.54, 1.807) is 6.07 Å². The molecule has 0 saturated heterocycles. The molecule has 0 aromatic heterocycles. The van der Waals surface area contributed by atoms with Crippen molar-refractivity contribution in [2.75, 3.05) is 5.32 Å². The van der Waals surface area contributed by atoms with Gasteiger partial charge in [0.25, 0.3) is 5.91 Å². The molecule has 16 heavy (non-hydrogen) atoms. The summed E-state index contributed by atoms with van der Waals surface area (Å²) in [6, 6.07) is 13.4. The Kier molecular flexibility index (Phi) is 2.68. The van der Waals surface area contributed by atoms with Crippen LogP contribution in [0.3, 0.4) is 0 Å². The molecule has 0 aliphatic rings. The molecule has 1 N–H and O–H groups in total. The first kappa shape index (κ1) is 10.4. The number of carbonyl (C=O) groups excluding carboxylic acids is 2. The quantitative estimate of drug-likeness (QED) is 0.778. The van der Waals surface area contributed by atoms with Crippen molar-refractivity contribution in [3.63, 3.8) is 0 Å². The van der Waals surface area contributed by atoms with E-state index in [-0.39, 0.29) is 0 Å². The number of Topliss-reactive ketones (excluding diaryl/α,β-unsaturated/α-hetero) is 1. The van der Waals surface area contributed by atoms with E-state index in [0.29, 0.717) is 5.69 Å². The van der Waals surface area contributed by atoms with Crippen LogP contribution in [0, 0.1) is 0 Å². The molecule has 2 aromatic carbocycles. The number of nitrogens with one attached hydrogen (secondary N) is 1. The number of carbonyl (C=O) groups is 2. The molecule has 0 aliphatic heterocycles. The Morgan fingerprint density at radius 1 is 1.00 bits per heavy atom. The number of ketones is 1.